The molecule has 2 aliphatic heterocycles. The number of aliphatic hydroxyl groups excluding tert-OH is 1. The summed E-state index contributed by atoms with van der Waals surface area (Å²) in [7, 11) is 0. The monoisotopic (exact) mass is 622 g/mol. The number of amidine groups is 1. The predicted octanol–water partition coefficient (Wildman–Crippen LogP) is 7.55. The molecule has 0 radical (unpaired) electrons. The van der Waals surface area contributed by atoms with Gasteiger partial charge in [-0.2, -0.15) is 0 Å². The van der Waals surface area contributed by atoms with Crippen LogP contribution in [0.3, 0.4) is 0 Å². The molecule has 2 aliphatic rings. The number of benzene rings is 2. The normalized spacial score (nSPS) is 23.0. The van der Waals surface area contributed by atoms with Crippen molar-refractivity contribution < 1.29 is 14.6 Å². The number of nitrogens with zero attached hydrogens (tertiary/aromatic N) is 4. The van der Waals surface area contributed by atoms with Gasteiger partial charge in [0.25, 0.3) is 0 Å². The second kappa shape index (κ2) is 11.8. The summed E-state index contributed by atoms with van der Waals surface area (Å²) in [4.78, 5) is 28.7. The average molecular weight is 624 g/mol. The first-order chi connectivity index (χ1) is 20.3. The van der Waals surface area contributed by atoms with E-state index >= 15 is 0 Å². The number of carbonyl (C=O) groups excluding carboxylic acids is 1. The topological polar surface area (TPSA) is 78.3 Å². The van der Waals surface area contributed by atoms with E-state index in [1.807, 2.05) is 61.5 Å². The summed E-state index contributed by atoms with van der Waals surface area (Å²) in [5, 5.41) is 11.4. The quantitative estimate of drug-likeness (QED) is 0.318. The number of carbonyl (C=O) groups is 1. The number of rotatable bonds is 5. The third-order valence-corrected chi connectivity index (χ3v) is 9.35. The Labute approximate surface area is 264 Å². The minimum Gasteiger partial charge on any atom is -0.493 e. The van der Waals surface area contributed by atoms with Crippen LogP contribution in [-0.4, -0.2) is 57.6 Å². The summed E-state index contributed by atoms with van der Waals surface area (Å²) in [6.45, 7) is 13.7. The summed E-state index contributed by atoms with van der Waals surface area (Å²) in [6, 6.07) is 17.0. The highest BCUT2D eigenvalue weighted by Gasteiger charge is 2.60. The largest absolute Gasteiger partial charge is 0.493 e. The minimum absolute atomic E-state index is 0.192. The Balaban J connectivity index is 1.79. The number of aliphatic imine (C=N–C) groups is 1. The fourth-order valence-corrected chi connectivity index (χ4v) is 6.31. The molecule has 228 valence electrons. The average Bonchev–Trinajstić information content (AvgIpc) is 3.21. The van der Waals surface area contributed by atoms with Gasteiger partial charge in [-0.15, -0.1) is 0 Å². The third-order valence-electron chi connectivity index (χ3n) is 8.85. The van der Waals surface area contributed by atoms with Crippen LogP contribution in [0.1, 0.15) is 76.8 Å². The number of amides is 2. The van der Waals surface area contributed by atoms with Gasteiger partial charge in [-0.3, -0.25) is 14.9 Å². The number of halogens is 2. The van der Waals surface area contributed by atoms with Crippen molar-refractivity contribution in [2.75, 3.05) is 19.7 Å². The van der Waals surface area contributed by atoms with E-state index in [9.17, 15) is 9.90 Å². The lowest BCUT2D eigenvalue weighted by Gasteiger charge is -2.47. The van der Waals surface area contributed by atoms with Gasteiger partial charge in [0.2, 0.25) is 0 Å². The Morgan fingerprint density at radius 3 is 2.09 bits per heavy atom. The van der Waals surface area contributed by atoms with E-state index in [1.54, 1.807) is 16.0 Å². The van der Waals surface area contributed by atoms with E-state index in [2.05, 4.69) is 34.6 Å². The molecule has 0 spiro atoms. The molecule has 0 saturated carbocycles. The molecule has 1 fully saturated rings. The molecule has 9 heteroatoms. The number of hydrogen-bond donors (Lipinski definition) is 1. The van der Waals surface area contributed by atoms with Crippen LogP contribution in [0.15, 0.2) is 65.8 Å². The first kappa shape index (κ1) is 31.3. The molecular weight excluding hydrogens is 583 g/mol. The molecule has 7 nitrogen and oxygen atoms in total. The molecule has 1 saturated heterocycles. The standard InChI is InChI=1S/C34H40Cl2N4O3/c1-7-43-28-20-29(32(2,3)4)37-21-27(28)30-38-33(5,22-8-12-24(35)13-9-22)34(6,23-10-14-25(36)15-11-23)40(30)31(42)39-18-16-26(41)17-19-39/h8-15,20-21,26,41H,7,16-19H2,1-6H3/t33-,34+/m0/s1. The van der Waals surface area contributed by atoms with Gasteiger partial charge in [0.15, 0.2) is 0 Å². The maximum atomic E-state index is 14.8. The third kappa shape index (κ3) is 5.63. The van der Waals surface area contributed by atoms with Gasteiger partial charge in [0.05, 0.1) is 18.3 Å². The van der Waals surface area contributed by atoms with Crippen LogP contribution in [0.5, 0.6) is 5.75 Å². The first-order valence-corrected chi connectivity index (χ1v) is 15.6. The predicted molar refractivity (Wildman–Crippen MR) is 172 cm³/mol. The highest BCUT2D eigenvalue weighted by Crippen LogP contribution is 2.54. The summed E-state index contributed by atoms with van der Waals surface area (Å²) < 4.78 is 6.21. The van der Waals surface area contributed by atoms with Gasteiger partial charge in [0, 0.05) is 46.5 Å². The van der Waals surface area contributed by atoms with Crippen LogP contribution in [0.4, 0.5) is 4.79 Å². The van der Waals surface area contributed by atoms with Crippen molar-refractivity contribution in [1.29, 1.82) is 0 Å². The molecule has 1 aromatic heterocycles. The van der Waals surface area contributed by atoms with Crippen LogP contribution in [0.25, 0.3) is 0 Å². The molecule has 0 aliphatic carbocycles. The van der Waals surface area contributed by atoms with Crippen molar-refractivity contribution in [2.45, 2.75) is 77.0 Å². The maximum Gasteiger partial charge on any atom is 0.326 e. The lowest BCUT2D eigenvalue weighted by molar-refractivity contribution is 0.0689. The number of ether oxygens (including phenoxy) is 1. The van der Waals surface area contributed by atoms with Gasteiger partial charge in [0.1, 0.15) is 22.7 Å². The summed E-state index contributed by atoms with van der Waals surface area (Å²) in [5.74, 6) is 1.09. The van der Waals surface area contributed by atoms with Gasteiger partial charge < -0.3 is 14.7 Å². The van der Waals surface area contributed by atoms with Gasteiger partial charge in [-0.25, -0.2) is 4.79 Å². The van der Waals surface area contributed by atoms with Crippen molar-refractivity contribution in [1.82, 2.24) is 14.8 Å². The lowest BCUT2D eigenvalue weighted by Crippen LogP contribution is -2.59. The number of piperidine rings is 1. The highest BCUT2D eigenvalue weighted by atomic mass is 35.5. The van der Waals surface area contributed by atoms with Crippen LogP contribution >= 0.6 is 23.2 Å². The number of likely N-dealkylation sites (tertiary alicyclic amines) is 1. The highest BCUT2D eigenvalue weighted by molar-refractivity contribution is 6.30. The molecule has 0 bridgehead atoms. The first-order valence-electron chi connectivity index (χ1n) is 14.8. The van der Waals surface area contributed by atoms with Crippen molar-refractivity contribution in [3.05, 3.63) is 93.2 Å². The fraction of sp³-hybridized carbons (Fsp3) is 0.441. The van der Waals surface area contributed by atoms with E-state index < -0.39 is 17.2 Å². The second-order valence-corrected chi connectivity index (χ2v) is 13.6. The zero-order valence-corrected chi connectivity index (χ0v) is 27.2. The molecule has 0 unspecified atom stereocenters. The molecule has 1 N–H and O–H groups in total. The Hall–Kier alpha value is -3.13. The van der Waals surface area contributed by atoms with E-state index in [0.29, 0.717) is 59.7 Å². The van der Waals surface area contributed by atoms with Crippen molar-refractivity contribution in [3.63, 3.8) is 0 Å². The molecule has 5 rings (SSSR count). The van der Waals surface area contributed by atoms with E-state index in [0.717, 1.165) is 16.8 Å². The Bertz CT molecular complexity index is 1510. The van der Waals surface area contributed by atoms with Crippen molar-refractivity contribution in [2.24, 2.45) is 4.99 Å². The van der Waals surface area contributed by atoms with E-state index in [1.165, 1.54) is 0 Å². The SMILES string of the molecule is CCOc1cc(C(C)(C)C)ncc1C1=N[C@@](C)(c2ccc(Cl)cc2)[C@@](C)(c2ccc(Cl)cc2)N1C(=O)N1CCC(O)CC1. The fourth-order valence-electron chi connectivity index (χ4n) is 6.06. The zero-order chi connectivity index (χ0) is 31.2. The maximum absolute atomic E-state index is 14.8. The van der Waals surface area contributed by atoms with Crippen LogP contribution < -0.4 is 4.74 Å². The summed E-state index contributed by atoms with van der Waals surface area (Å²) in [6.07, 6.45) is 2.39. The molecule has 3 aromatic rings. The molecule has 3 heterocycles. The molecule has 43 heavy (non-hydrogen) atoms. The van der Waals surface area contributed by atoms with Gasteiger partial charge in [-0.1, -0.05) is 68.2 Å². The van der Waals surface area contributed by atoms with E-state index in [4.69, 9.17) is 37.9 Å². The number of pyridine rings is 1. The number of hydrogen-bond acceptors (Lipinski definition) is 5. The summed E-state index contributed by atoms with van der Waals surface area (Å²) in [5.41, 5.74) is 1.13. The Morgan fingerprint density at radius 1 is 1.00 bits per heavy atom. The minimum atomic E-state index is -1.000. The smallest absolute Gasteiger partial charge is 0.326 e. The van der Waals surface area contributed by atoms with Gasteiger partial charge in [-0.05, 0) is 69.0 Å². The van der Waals surface area contributed by atoms with Crippen LogP contribution in [-0.2, 0) is 16.5 Å². The lowest BCUT2D eigenvalue weighted by atomic mass is 9.71. The molecular formula is C34H40Cl2N4O3. The molecule has 2 aromatic carbocycles. The second-order valence-electron chi connectivity index (χ2n) is 12.7. The van der Waals surface area contributed by atoms with Gasteiger partial charge >= 0.3 is 6.03 Å². The Morgan fingerprint density at radius 2 is 1.56 bits per heavy atom. The van der Waals surface area contributed by atoms with Crippen molar-refractivity contribution in [3.8, 4) is 5.75 Å². The number of aliphatic hydroxyl groups is 1. The molecule has 2 atom stereocenters. The van der Waals surface area contributed by atoms with Crippen molar-refractivity contribution >= 4 is 35.1 Å². The summed E-state index contributed by atoms with van der Waals surface area (Å²) >= 11 is 12.7. The van der Waals surface area contributed by atoms with Crippen LogP contribution in [0.2, 0.25) is 10.0 Å². The molecule has 2 amide bonds. The number of aromatic nitrogens is 1. The number of urea groups is 1. The van der Waals surface area contributed by atoms with E-state index in [-0.39, 0.29) is 11.4 Å². The zero-order valence-electron chi connectivity index (χ0n) is 25.7. The van der Waals surface area contributed by atoms with Crippen LogP contribution in [0, 0.1) is 0 Å². The Kier molecular flexibility index (Phi) is 8.55.